The Morgan fingerprint density at radius 3 is 2.95 bits per heavy atom. The van der Waals surface area contributed by atoms with Gasteiger partial charge in [-0.25, -0.2) is 4.79 Å². The molecule has 2 aromatic rings. The van der Waals surface area contributed by atoms with Gasteiger partial charge in [0.1, 0.15) is 17.2 Å². The number of primary amides is 1. The molecule has 0 saturated carbocycles. The predicted octanol–water partition coefficient (Wildman–Crippen LogP) is 1.95. The lowest BCUT2D eigenvalue weighted by Crippen LogP contribution is -2.20. The Balaban J connectivity index is 1.90. The van der Waals surface area contributed by atoms with E-state index in [9.17, 15) is 9.59 Å². The smallest absolute Gasteiger partial charge is 0.348 e. The first-order valence-corrected chi connectivity index (χ1v) is 6.77. The summed E-state index contributed by atoms with van der Waals surface area (Å²) in [5.41, 5.74) is 6.86. The van der Waals surface area contributed by atoms with Gasteiger partial charge >= 0.3 is 5.97 Å². The molecular weight excluding hydrogens is 278 g/mol. The number of amides is 1. The van der Waals surface area contributed by atoms with E-state index in [1.54, 1.807) is 6.07 Å². The molecule has 3 rings (SSSR count). The molecule has 0 unspecified atom stereocenters. The molecule has 2 N–H and O–H groups in total. The van der Waals surface area contributed by atoms with E-state index in [1.807, 2.05) is 24.3 Å². The Morgan fingerprint density at radius 2 is 2.15 bits per heavy atom. The Morgan fingerprint density at radius 1 is 1.35 bits per heavy atom. The van der Waals surface area contributed by atoms with Gasteiger partial charge in [-0.3, -0.25) is 4.79 Å². The van der Waals surface area contributed by atoms with Crippen molar-refractivity contribution in [3.05, 3.63) is 40.8 Å². The van der Waals surface area contributed by atoms with Crippen molar-refractivity contribution in [1.29, 1.82) is 0 Å². The summed E-state index contributed by atoms with van der Waals surface area (Å²) >= 11 is 1.33. The lowest BCUT2D eigenvalue weighted by molar-refractivity contribution is -0.121. The summed E-state index contributed by atoms with van der Waals surface area (Å²) in [5.74, 6) is -0.409. The van der Waals surface area contributed by atoms with Crippen LogP contribution < -0.4 is 10.5 Å². The third-order valence-electron chi connectivity index (χ3n) is 2.87. The van der Waals surface area contributed by atoms with Gasteiger partial charge in [-0.1, -0.05) is 12.1 Å². The van der Waals surface area contributed by atoms with Gasteiger partial charge in [0.25, 0.3) is 5.91 Å². The van der Waals surface area contributed by atoms with Crippen LogP contribution in [-0.4, -0.2) is 18.5 Å². The highest BCUT2D eigenvalue weighted by Gasteiger charge is 2.23. The zero-order valence-corrected chi connectivity index (χ0v) is 11.2. The van der Waals surface area contributed by atoms with Crippen molar-refractivity contribution >= 4 is 23.2 Å². The molecule has 1 aliphatic rings. The van der Waals surface area contributed by atoms with E-state index in [4.69, 9.17) is 15.2 Å². The molecule has 1 aliphatic heterocycles. The lowest BCUT2D eigenvalue weighted by Gasteiger charge is -2.16. The zero-order valence-electron chi connectivity index (χ0n) is 10.4. The molecular formula is C14H11NO4S. The standard InChI is InChI=1S/C14H11NO4S/c15-12(16)7-19-14(17)11-5-8-6-18-10-4-2-1-3-9(10)13(8)20-11/h1-5H,6-7H2,(H2,15,16). The number of para-hydroxylation sites is 1. The molecule has 0 saturated heterocycles. The van der Waals surface area contributed by atoms with E-state index in [-0.39, 0.29) is 0 Å². The van der Waals surface area contributed by atoms with Crippen molar-refractivity contribution in [2.24, 2.45) is 5.73 Å². The number of esters is 1. The summed E-state index contributed by atoms with van der Waals surface area (Å²) in [6.07, 6.45) is 0. The fourth-order valence-electron chi connectivity index (χ4n) is 2.01. The van der Waals surface area contributed by atoms with Crippen LogP contribution in [0.1, 0.15) is 15.2 Å². The molecule has 0 fully saturated rings. The van der Waals surface area contributed by atoms with Gasteiger partial charge in [-0.2, -0.15) is 0 Å². The quantitative estimate of drug-likeness (QED) is 0.876. The maximum Gasteiger partial charge on any atom is 0.348 e. The zero-order chi connectivity index (χ0) is 14.1. The number of ether oxygens (including phenoxy) is 2. The van der Waals surface area contributed by atoms with E-state index >= 15 is 0 Å². The number of carbonyl (C=O) groups is 2. The second kappa shape index (κ2) is 4.97. The number of carbonyl (C=O) groups excluding carboxylic acids is 2. The molecule has 1 amide bonds. The lowest BCUT2D eigenvalue weighted by atomic mass is 10.1. The average Bonchev–Trinajstić information content (AvgIpc) is 2.89. The summed E-state index contributed by atoms with van der Waals surface area (Å²) in [5, 5.41) is 0. The maximum atomic E-state index is 11.8. The van der Waals surface area contributed by atoms with Crippen molar-refractivity contribution in [3.63, 3.8) is 0 Å². The van der Waals surface area contributed by atoms with Crippen LogP contribution in [0.15, 0.2) is 30.3 Å². The van der Waals surface area contributed by atoms with E-state index in [0.29, 0.717) is 11.5 Å². The van der Waals surface area contributed by atoms with Crippen LogP contribution >= 0.6 is 11.3 Å². The number of hydrogen-bond donors (Lipinski definition) is 1. The molecule has 1 aromatic carbocycles. The SMILES string of the molecule is NC(=O)COC(=O)c1cc2c(s1)-c1ccccc1OC2. The van der Waals surface area contributed by atoms with E-state index < -0.39 is 18.5 Å². The number of thiophene rings is 1. The monoisotopic (exact) mass is 289 g/mol. The molecule has 0 radical (unpaired) electrons. The molecule has 0 atom stereocenters. The minimum absolute atomic E-state index is 0.408. The van der Waals surface area contributed by atoms with Crippen LogP contribution in [0.3, 0.4) is 0 Å². The first-order valence-electron chi connectivity index (χ1n) is 5.95. The predicted molar refractivity (Wildman–Crippen MR) is 73.6 cm³/mol. The third-order valence-corrected chi connectivity index (χ3v) is 4.06. The van der Waals surface area contributed by atoms with E-state index in [0.717, 1.165) is 21.8 Å². The number of rotatable bonds is 3. The molecule has 0 spiro atoms. The van der Waals surface area contributed by atoms with Crippen LogP contribution in [0.2, 0.25) is 0 Å². The summed E-state index contributed by atoms with van der Waals surface area (Å²) in [6.45, 7) is 0.0143. The molecule has 102 valence electrons. The van der Waals surface area contributed by atoms with Crippen molar-refractivity contribution in [2.75, 3.05) is 6.61 Å². The number of hydrogen-bond acceptors (Lipinski definition) is 5. The van der Waals surface area contributed by atoms with Crippen LogP contribution in [0.4, 0.5) is 0 Å². The summed E-state index contributed by atoms with van der Waals surface area (Å²) in [6, 6.07) is 9.40. The summed E-state index contributed by atoms with van der Waals surface area (Å²) in [7, 11) is 0. The Bertz CT molecular complexity index is 692. The molecule has 2 heterocycles. The molecule has 20 heavy (non-hydrogen) atoms. The maximum absolute atomic E-state index is 11.8. The van der Waals surface area contributed by atoms with Gasteiger partial charge in [0.05, 0.1) is 0 Å². The molecule has 0 bridgehead atoms. The fraction of sp³-hybridized carbons (Fsp3) is 0.143. The van der Waals surface area contributed by atoms with Crippen LogP contribution in [-0.2, 0) is 16.1 Å². The van der Waals surface area contributed by atoms with Gasteiger partial charge in [-0.15, -0.1) is 11.3 Å². The summed E-state index contributed by atoms with van der Waals surface area (Å²) in [4.78, 5) is 23.9. The summed E-state index contributed by atoms with van der Waals surface area (Å²) < 4.78 is 10.4. The van der Waals surface area contributed by atoms with E-state index in [1.165, 1.54) is 11.3 Å². The minimum Gasteiger partial charge on any atom is -0.488 e. The second-order valence-corrected chi connectivity index (χ2v) is 5.34. The molecule has 5 nitrogen and oxygen atoms in total. The Kier molecular flexibility index (Phi) is 3.15. The molecule has 6 heteroatoms. The first kappa shape index (κ1) is 12.7. The number of benzene rings is 1. The van der Waals surface area contributed by atoms with Gasteiger partial charge < -0.3 is 15.2 Å². The van der Waals surface area contributed by atoms with Crippen molar-refractivity contribution in [1.82, 2.24) is 0 Å². The Labute approximate surface area is 118 Å². The van der Waals surface area contributed by atoms with Gasteiger partial charge in [-0.05, 0) is 18.2 Å². The number of fused-ring (bicyclic) bond motifs is 3. The van der Waals surface area contributed by atoms with Crippen LogP contribution in [0.5, 0.6) is 5.75 Å². The third kappa shape index (κ3) is 2.25. The van der Waals surface area contributed by atoms with Crippen LogP contribution in [0, 0.1) is 0 Å². The average molecular weight is 289 g/mol. The highest BCUT2D eigenvalue weighted by molar-refractivity contribution is 7.17. The van der Waals surface area contributed by atoms with Crippen molar-refractivity contribution < 1.29 is 19.1 Å². The molecule has 0 aliphatic carbocycles. The highest BCUT2D eigenvalue weighted by Crippen LogP contribution is 2.42. The van der Waals surface area contributed by atoms with Gasteiger partial charge in [0.15, 0.2) is 6.61 Å². The van der Waals surface area contributed by atoms with E-state index in [2.05, 4.69) is 0 Å². The highest BCUT2D eigenvalue weighted by atomic mass is 32.1. The Hall–Kier alpha value is -2.34. The van der Waals surface area contributed by atoms with Gasteiger partial charge in [0.2, 0.25) is 0 Å². The fourth-order valence-corrected chi connectivity index (χ4v) is 3.10. The topological polar surface area (TPSA) is 78.6 Å². The first-order chi connectivity index (χ1) is 9.65. The normalized spacial score (nSPS) is 12.0. The van der Waals surface area contributed by atoms with Gasteiger partial charge in [0, 0.05) is 16.0 Å². The van der Waals surface area contributed by atoms with Crippen LogP contribution in [0.25, 0.3) is 10.4 Å². The van der Waals surface area contributed by atoms with Crippen molar-refractivity contribution in [3.8, 4) is 16.2 Å². The second-order valence-electron chi connectivity index (χ2n) is 4.29. The largest absolute Gasteiger partial charge is 0.488 e. The molecule has 1 aromatic heterocycles. The van der Waals surface area contributed by atoms with Crippen molar-refractivity contribution in [2.45, 2.75) is 6.61 Å². The minimum atomic E-state index is -0.673. The number of nitrogens with two attached hydrogens (primary N) is 1.